The predicted molar refractivity (Wildman–Crippen MR) is 114 cm³/mol. The number of hydrogen-bond donors (Lipinski definition) is 2. The fourth-order valence-corrected chi connectivity index (χ4v) is 2.94. The molecule has 0 saturated heterocycles. The normalized spacial score (nSPS) is 11.0. The number of hydrogen-bond acceptors (Lipinski definition) is 2. The fraction of sp³-hybridized carbons (Fsp3) is 0.130. The van der Waals surface area contributed by atoms with Gasteiger partial charge in [0.2, 0.25) is 5.91 Å². The SMILES string of the molecule is CC(C)(C(=O)Nc1cc(C(=O)Nc2ccccc2)ccc1Cl)c1cccc(F)c1. The monoisotopic (exact) mass is 410 g/mol. The summed E-state index contributed by atoms with van der Waals surface area (Å²) in [6.07, 6.45) is 0. The van der Waals surface area contributed by atoms with Gasteiger partial charge in [0.1, 0.15) is 5.82 Å². The third kappa shape index (κ3) is 4.81. The van der Waals surface area contributed by atoms with Crippen LogP contribution in [0.2, 0.25) is 5.02 Å². The molecule has 0 aliphatic heterocycles. The van der Waals surface area contributed by atoms with Crippen molar-refractivity contribution >= 4 is 34.8 Å². The maximum atomic E-state index is 13.6. The number of carbonyl (C=O) groups is 2. The summed E-state index contributed by atoms with van der Waals surface area (Å²) in [5.41, 5.74) is 0.835. The zero-order valence-corrected chi connectivity index (χ0v) is 16.8. The average Bonchev–Trinajstić information content (AvgIpc) is 2.70. The van der Waals surface area contributed by atoms with Gasteiger partial charge in [-0.05, 0) is 61.9 Å². The van der Waals surface area contributed by atoms with E-state index in [0.29, 0.717) is 27.5 Å². The lowest BCUT2D eigenvalue weighted by Crippen LogP contribution is -2.35. The van der Waals surface area contributed by atoms with Gasteiger partial charge in [-0.25, -0.2) is 4.39 Å². The first-order valence-corrected chi connectivity index (χ1v) is 9.38. The number of amides is 2. The molecule has 0 aliphatic rings. The molecular formula is C23H20ClFN2O2. The number of nitrogens with one attached hydrogen (secondary N) is 2. The van der Waals surface area contributed by atoms with E-state index in [4.69, 9.17) is 11.6 Å². The van der Waals surface area contributed by atoms with E-state index in [0.717, 1.165) is 0 Å². The van der Waals surface area contributed by atoms with E-state index in [2.05, 4.69) is 10.6 Å². The highest BCUT2D eigenvalue weighted by Crippen LogP contribution is 2.29. The first-order chi connectivity index (χ1) is 13.8. The van der Waals surface area contributed by atoms with Crippen LogP contribution >= 0.6 is 11.6 Å². The Morgan fingerprint density at radius 3 is 2.31 bits per heavy atom. The van der Waals surface area contributed by atoms with Crippen molar-refractivity contribution in [1.29, 1.82) is 0 Å². The highest BCUT2D eigenvalue weighted by atomic mass is 35.5. The minimum absolute atomic E-state index is 0.296. The Kier molecular flexibility index (Phi) is 5.99. The molecule has 148 valence electrons. The molecule has 0 aromatic heterocycles. The molecule has 0 radical (unpaired) electrons. The molecule has 3 rings (SSSR count). The smallest absolute Gasteiger partial charge is 0.255 e. The van der Waals surface area contributed by atoms with Gasteiger partial charge in [0.15, 0.2) is 0 Å². The average molecular weight is 411 g/mol. The molecule has 3 aromatic rings. The van der Waals surface area contributed by atoms with Gasteiger partial charge in [0, 0.05) is 11.3 Å². The topological polar surface area (TPSA) is 58.2 Å². The Balaban J connectivity index is 1.81. The Morgan fingerprint density at radius 2 is 1.62 bits per heavy atom. The van der Waals surface area contributed by atoms with Crippen LogP contribution in [0.1, 0.15) is 29.8 Å². The molecule has 2 N–H and O–H groups in total. The van der Waals surface area contributed by atoms with Gasteiger partial charge in [0.05, 0.1) is 16.1 Å². The number of anilines is 2. The molecule has 0 heterocycles. The van der Waals surface area contributed by atoms with Gasteiger partial charge in [-0.1, -0.05) is 41.9 Å². The van der Waals surface area contributed by atoms with E-state index >= 15 is 0 Å². The lowest BCUT2D eigenvalue weighted by Gasteiger charge is -2.24. The highest BCUT2D eigenvalue weighted by molar-refractivity contribution is 6.34. The number of rotatable bonds is 5. The van der Waals surface area contributed by atoms with Crippen molar-refractivity contribution < 1.29 is 14.0 Å². The molecule has 0 spiro atoms. The molecule has 29 heavy (non-hydrogen) atoms. The third-order valence-electron chi connectivity index (χ3n) is 4.62. The van der Waals surface area contributed by atoms with Gasteiger partial charge < -0.3 is 10.6 Å². The maximum Gasteiger partial charge on any atom is 0.255 e. The van der Waals surface area contributed by atoms with Crippen molar-refractivity contribution in [2.24, 2.45) is 0 Å². The molecule has 3 aromatic carbocycles. The van der Waals surface area contributed by atoms with Gasteiger partial charge >= 0.3 is 0 Å². The van der Waals surface area contributed by atoms with E-state index < -0.39 is 11.2 Å². The standard InChI is InChI=1S/C23H20ClFN2O2/c1-23(2,16-7-6-8-17(25)14-16)22(29)27-20-13-15(11-12-19(20)24)21(28)26-18-9-4-3-5-10-18/h3-14H,1-2H3,(H,26,28)(H,27,29). The van der Waals surface area contributed by atoms with Crippen molar-refractivity contribution in [2.45, 2.75) is 19.3 Å². The molecule has 0 unspecified atom stereocenters. The Labute approximate surface area is 173 Å². The zero-order valence-electron chi connectivity index (χ0n) is 16.0. The van der Waals surface area contributed by atoms with Gasteiger partial charge in [-0.2, -0.15) is 0 Å². The second-order valence-corrected chi connectivity index (χ2v) is 7.51. The molecule has 6 heteroatoms. The summed E-state index contributed by atoms with van der Waals surface area (Å²) in [6, 6.07) is 19.6. The first kappa shape index (κ1) is 20.6. The van der Waals surface area contributed by atoms with E-state index in [1.54, 1.807) is 50.2 Å². The van der Waals surface area contributed by atoms with Gasteiger partial charge in [-0.15, -0.1) is 0 Å². The van der Waals surface area contributed by atoms with Crippen molar-refractivity contribution in [1.82, 2.24) is 0 Å². The summed E-state index contributed by atoms with van der Waals surface area (Å²) in [5, 5.41) is 5.83. The van der Waals surface area contributed by atoms with E-state index in [-0.39, 0.29) is 11.8 Å². The lowest BCUT2D eigenvalue weighted by atomic mass is 9.83. The van der Waals surface area contributed by atoms with Crippen molar-refractivity contribution in [2.75, 3.05) is 10.6 Å². The summed E-state index contributed by atoms with van der Waals surface area (Å²) >= 11 is 6.22. The largest absolute Gasteiger partial charge is 0.324 e. The lowest BCUT2D eigenvalue weighted by molar-refractivity contribution is -0.120. The van der Waals surface area contributed by atoms with Gasteiger partial charge in [0.25, 0.3) is 5.91 Å². The number of para-hydroxylation sites is 1. The number of benzene rings is 3. The van der Waals surface area contributed by atoms with E-state index in [1.807, 2.05) is 18.2 Å². The third-order valence-corrected chi connectivity index (χ3v) is 4.95. The van der Waals surface area contributed by atoms with Crippen molar-refractivity contribution in [3.63, 3.8) is 0 Å². The van der Waals surface area contributed by atoms with Crippen LogP contribution in [0.4, 0.5) is 15.8 Å². The van der Waals surface area contributed by atoms with Crippen molar-refractivity contribution in [3.05, 3.63) is 94.8 Å². The zero-order chi connectivity index (χ0) is 21.0. The van der Waals surface area contributed by atoms with Crippen LogP contribution in [0, 0.1) is 5.82 Å². The molecule has 0 aliphatic carbocycles. The Morgan fingerprint density at radius 1 is 0.897 bits per heavy atom. The second kappa shape index (κ2) is 8.45. The van der Waals surface area contributed by atoms with Crippen LogP contribution in [0.5, 0.6) is 0 Å². The quantitative estimate of drug-likeness (QED) is 0.571. The summed E-state index contributed by atoms with van der Waals surface area (Å²) in [5.74, 6) is -1.11. The summed E-state index contributed by atoms with van der Waals surface area (Å²) in [7, 11) is 0. The second-order valence-electron chi connectivity index (χ2n) is 7.10. The van der Waals surface area contributed by atoms with Gasteiger partial charge in [-0.3, -0.25) is 9.59 Å². The van der Waals surface area contributed by atoms with Crippen LogP contribution in [-0.4, -0.2) is 11.8 Å². The highest BCUT2D eigenvalue weighted by Gasteiger charge is 2.30. The molecule has 0 fully saturated rings. The summed E-state index contributed by atoms with van der Waals surface area (Å²) in [4.78, 5) is 25.4. The van der Waals surface area contributed by atoms with Crippen molar-refractivity contribution in [3.8, 4) is 0 Å². The Hall–Kier alpha value is -3.18. The van der Waals surface area contributed by atoms with E-state index in [1.165, 1.54) is 18.2 Å². The van der Waals surface area contributed by atoms with Crippen LogP contribution < -0.4 is 10.6 Å². The maximum absolute atomic E-state index is 13.6. The number of halogens is 2. The Bertz CT molecular complexity index is 1050. The molecule has 4 nitrogen and oxygen atoms in total. The molecule has 0 bridgehead atoms. The molecule has 2 amide bonds. The van der Waals surface area contributed by atoms with Crippen LogP contribution in [0.15, 0.2) is 72.8 Å². The first-order valence-electron chi connectivity index (χ1n) is 9.01. The molecule has 0 saturated carbocycles. The fourth-order valence-electron chi connectivity index (χ4n) is 2.77. The molecule has 0 atom stereocenters. The van der Waals surface area contributed by atoms with Crippen LogP contribution in [0.3, 0.4) is 0 Å². The number of carbonyl (C=O) groups excluding carboxylic acids is 2. The van der Waals surface area contributed by atoms with Crippen LogP contribution in [-0.2, 0) is 10.2 Å². The predicted octanol–water partition coefficient (Wildman–Crippen LogP) is 5.65. The minimum atomic E-state index is -1.01. The summed E-state index contributed by atoms with van der Waals surface area (Å²) in [6.45, 7) is 3.38. The summed E-state index contributed by atoms with van der Waals surface area (Å²) < 4.78 is 13.6. The van der Waals surface area contributed by atoms with E-state index in [9.17, 15) is 14.0 Å². The minimum Gasteiger partial charge on any atom is -0.324 e. The van der Waals surface area contributed by atoms with Crippen LogP contribution in [0.25, 0.3) is 0 Å². The molecular weight excluding hydrogens is 391 g/mol.